The van der Waals surface area contributed by atoms with E-state index in [1.54, 1.807) is 38.1 Å². The van der Waals surface area contributed by atoms with Crippen molar-refractivity contribution < 1.29 is 37.1 Å². The summed E-state index contributed by atoms with van der Waals surface area (Å²) >= 11 is 4.76. The number of rotatable bonds is 11. The molecule has 6 rings (SSSR count). The van der Waals surface area contributed by atoms with E-state index in [-0.39, 0.29) is 78.9 Å². The molecule has 2 aromatic carbocycles. The molecule has 3 saturated heterocycles. The van der Waals surface area contributed by atoms with Crippen LogP contribution in [0.5, 0.6) is 0 Å². The fraction of sp³-hybridized carbons (Fsp3) is 0.575. The number of nitriles is 1. The van der Waals surface area contributed by atoms with Gasteiger partial charge in [-0.15, -0.1) is 25.0 Å². The topological polar surface area (TPSA) is 150 Å². The monoisotopic (exact) mass is 848 g/mol. The number of carbonyl (C=O) groups is 4. The Morgan fingerprint density at radius 2 is 1.69 bits per heavy atom. The van der Waals surface area contributed by atoms with Crippen LogP contribution >= 0.6 is 25.0 Å². The first-order valence-electron chi connectivity index (χ1n) is 19.5. The number of anilines is 3. The van der Waals surface area contributed by atoms with Gasteiger partial charge in [0.2, 0.25) is 23.6 Å². The molecule has 1 saturated carbocycles. The SMILES string of the molecule is C[C@@H]1CN(CCOC2CCC(N3C(S)N(c4ccc(C#N)c(C(F)(F)F)c4)C(=O)C3(C)C)CC2)C[C@H](C)N1CC(=O)Nc1cccc(N[C@@H]2CCC(=O)NC2=O)c1.Cl. The van der Waals surface area contributed by atoms with E-state index < -0.39 is 34.4 Å². The minimum absolute atomic E-state index is 0. The number of ether oxygens (including phenoxy) is 1. The minimum Gasteiger partial charge on any atom is -0.377 e. The highest BCUT2D eigenvalue weighted by Crippen LogP contribution is 2.43. The van der Waals surface area contributed by atoms with Crippen molar-refractivity contribution >= 4 is 65.7 Å². The highest BCUT2D eigenvalue weighted by molar-refractivity contribution is 7.81. The number of imide groups is 1. The largest absolute Gasteiger partial charge is 0.417 e. The van der Waals surface area contributed by atoms with Gasteiger partial charge in [0.25, 0.3) is 0 Å². The van der Waals surface area contributed by atoms with E-state index in [4.69, 9.17) is 17.4 Å². The summed E-state index contributed by atoms with van der Waals surface area (Å²) in [6.07, 6.45) is -1.01. The summed E-state index contributed by atoms with van der Waals surface area (Å²) in [7, 11) is 0. The smallest absolute Gasteiger partial charge is 0.377 e. The number of alkyl halides is 3. The quantitative estimate of drug-likeness (QED) is 0.175. The molecular formula is C40H52ClF3N8O5S. The van der Waals surface area contributed by atoms with E-state index in [1.165, 1.54) is 11.0 Å². The van der Waals surface area contributed by atoms with Gasteiger partial charge in [0.05, 0.1) is 42.0 Å². The average molecular weight is 849 g/mol. The van der Waals surface area contributed by atoms with Gasteiger partial charge in [-0.25, -0.2) is 0 Å². The molecule has 4 aliphatic rings. The van der Waals surface area contributed by atoms with Crippen molar-refractivity contribution in [2.45, 2.75) is 114 Å². The van der Waals surface area contributed by atoms with E-state index >= 15 is 0 Å². The lowest BCUT2D eigenvalue weighted by atomic mass is 9.89. The van der Waals surface area contributed by atoms with Gasteiger partial charge in [0.15, 0.2) is 0 Å². The molecule has 0 radical (unpaired) electrons. The number of nitrogens with one attached hydrogen (secondary N) is 3. The van der Waals surface area contributed by atoms with Crippen LogP contribution in [0, 0.1) is 11.3 Å². The van der Waals surface area contributed by atoms with Crippen molar-refractivity contribution in [3.63, 3.8) is 0 Å². The number of amides is 4. The summed E-state index contributed by atoms with van der Waals surface area (Å²) < 4.78 is 47.6. The third-order valence-corrected chi connectivity index (χ3v) is 12.1. The van der Waals surface area contributed by atoms with Crippen LogP contribution in [-0.4, -0.2) is 112 Å². The fourth-order valence-electron chi connectivity index (χ4n) is 8.72. The summed E-state index contributed by atoms with van der Waals surface area (Å²) in [6, 6.07) is 11.8. The number of benzene rings is 2. The molecule has 0 aromatic heterocycles. The van der Waals surface area contributed by atoms with Gasteiger partial charge in [-0.3, -0.25) is 44.1 Å². The maximum absolute atomic E-state index is 13.7. The van der Waals surface area contributed by atoms with E-state index in [9.17, 15) is 37.6 Å². The fourth-order valence-corrected chi connectivity index (χ4v) is 9.43. The van der Waals surface area contributed by atoms with E-state index in [0.717, 1.165) is 57.5 Å². The Labute approximate surface area is 348 Å². The Kier molecular flexibility index (Phi) is 14.5. The number of nitrogens with zero attached hydrogens (tertiary/aromatic N) is 5. The van der Waals surface area contributed by atoms with Crippen molar-refractivity contribution in [1.82, 2.24) is 20.0 Å². The molecule has 3 N–H and O–H groups in total. The van der Waals surface area contributed by atoms with Gasteiger partial charge in [0.1, 0.15) is 11.5 Å². The van der Waals surface area contributed by atoms with Crippen molar-refractivity contribution in [3.05, 3.63) is 53.6 Å². The minimum atomic E-state index is -4.75. The number of thiol groups is 1. The maximum atomic E-state index is 13.7. The first-order chi connectivity index (χ1) is 27.0. The number of piperidine rings is 1. The third kappa shape index (κ3) is 10.1. The van der Waals surface area contributed by atoms with Crippen molar-refractivity contribution in [3.8, 4) is 6.07 Å². The number of halogens is 4. The third-order valence-electron chi connectivity index (χ3n) is 11.6. The molecule has 18 heteroatoms. The second-order valence-corrected chi connectivity index (χ2v) is 16.5. The van der Waals surface area contributed by atoms with Crippen LogP contribution in [0.1, 0.15) is 77.3 Å². The predicted octanol–water partition coefficient (Wildman–Crippen LogP) is 5.22. The number of hydrogen-bond acceptors (Lipinski definition) is 11. The van der Waals surface area contributed by atoms with E-state index in [1.807, 2.05) is 11.0 Å². The van der Waals surface area contributed by atoms with Crippen molar-refractivity contribution in [2.75, 3.05) is 48.3 Å². The van der Waals surface area contributed by atoms with Crippen molar-refractivity contribution in [2.24, 2.45) is 0 Å². The first kappa shape index (κ1) is 45.2. The van der Waals surface area contributed by atoms with Crippen LogP contribution < -0.4 is 20.9 Å². The molecule has 0 spiro atoms. The van der Waals surface area contributed by atoms with Crippen LogP contribution in [0.25, 0.3) is 0 Å². The molecule has 4 atom stereocenters. The Morgan fingerprint density at radius 3 is 2.33 bits per heavy atom. The van der Waals surface area contributed by atoms with Gasteiger partial charge in [0, 0.05) is 61.2 Å². The highest BCUT2D eigenvalue weighted by Gasteiger charge is 2.54. The molecule has 1 unspecified atom stereocenters. The van der Waals surface area contributed by atoms with Gasteiger partial charge in [-0.1, -0.05) is 6.07 Å². The molecule has 0 bridgehead atoms. The molecule has 1 aliphatic carbocycles. The molecule has 3 aliphatic heterocycles. The Hall–Kier alpha value is -3.92. The Morgan fingerprint density at radius 1 is 1.02 bits per heavy atom. The lowest BCUT2D eigenvalue weighted by Gasteiger charge is -2.44. The first-order valence-corrected chi connectivity index (χ1v) is 20.0. The summed E-state index contributed by atoms with van der Waals surface area (Å²) in [5, 5.41) is 17.7. The summed E-state index contributed by atoms with van der Waals surface area (Å²) in [4.78, 5) is 58.2. The molecule has 3 heterocycles. The summed E-state index contributed by atoms with van der Waals surface area (Å²) in [5.74, 6) is -1.13. The Bertz CT molecular complexity index is 1880. The number of hydrogen-bond donors (Lipinski definition) is 4. The van der Waals surface area contributed by atoms with Crippen LogP contribution in [0.15, 0.2) is 42.5 Å². The summed E-state index contributed by atoms with van der Waals surface area (Å²) in [6.45, 7) is 10.8. The lowest BCUT2D eigenvalue weighted by Crippen LogP contribution is -2.58. The molecule has 13 nitrogen and oxygen atoms in total. The van der Waals surface area contributed by atoms with Crippen LogP contribution in [-0.2, 0) is 30.1 Å². The second kappa shape index (κ2) is 18.6. The molecule has 4 fully saturated rings. The van der Waals surface area contributed by atoms with Crippen LogP contribution in [0.3, 0.4) is 0 Å². The zero-order valence-electron chi connectivity index (χ0n) is 33.1. The van der Waals surface area contributed by atoms with Crippen LogP contribution in [0.4, 0.5) is 30.2 Å². The average Bonchev–Trinajstić information content (AvgIpc) is 3.32. The molecule has 2 aromatic rings. The summed E-state index contributed by atoms with van der Waals surface area (Å²) in [5.41, 5.74) is -2.03. The second-order valence-electron chi connectivity index (χ2n) is 16.0. The van der Waals surface area contributed by atoms with Crippen LogP contribution in [0.2, 0.25) is 0 Å². The molecule has 316 valence electrons. The van der Waals surface area contributed by atoms with Gasteiger partial charge in [-0.05, 0) is 96.2 Å². The molecule has 58 heavy (non-hydrogen) atoms. The van der Waals surface area contributed by atoms with Gasteiger partial charge >= 0.3 is 6.18 Å². The number of piperazine rings is 1. The Balaban J connectivity index is 0.00000641. The van der Waals surface area contributed by atoms with Crippen molar-refractivity contribution in [1.29, 1.82) is 5.26 Å². The number of carbonyl (C=O) groups excluding carboxylic acids is 4. The molecular weight excluding hydrogens is 797 g/mol. The van der Waals surface area contributed by atoms with E-state index in [0.29, 0.717) is 24.4 Å². The normalized spacial score (nSPS) is 27.1. The lowest BCUT2D eigenvalue weighted by molar-refractivity contribution is -0.138. The van der Waals surface area contributed by atoms with E-state index in [2.05, 4.69) is 39.6 Å². The zero-order valence-corrected chi connectivity index (χ0v) is 34.8. The van der Waals surface area contributed by atoms with Gasteiger partial charge in [-0.2, -0.15) is 18.4 Å². The zero-order chi connectivity index (χ0) is 41.2. The standard InChI is InChI=1S/C40H51F3N8O5S.ClH/c1-24-21-48(22-25(2)49(24)23-35(53)46-28-7-5-6-27(18-28)45-33-14-15-34(52)47-36(33)54)16-17-56-31-12-10-29(11-13-31)51-38(57)50(37(55)39(51,3)4)30-9-8-26(20-44)32(19-30)40(41,42)43;/h5-9,18-19,24-25,29,31,33,38,45,57H,10-17,21-23H2,1-4H3,(H,46,53)(H,47,52,54);1H/t24-,25+,29?,31?,33-,38?;/m1./s1. The molecule has 4 amide bonds. The maximum Gasteiger partial charge on any atom is 0.417 e. The predicted molar refractivity (Wildman–Crippen MR) is 219 cm³/mol. The highest BCUT2D eigenvalue weighted by atomic mass is 35.5. The van der Waals surface area contributed by atoms with Gasteiger partial charge < -0.3 is 15.4 Å².